The van der Waals surface area contributed by atoms with Gasteiger partial charge in [-0.25, -0.2) is 0 Å². The van der Waals surface area contributed by atoms with Crippen LogP contribution in [0.4, 0.5) is 39.5 Å². The molecular formula is C10H9F9. The van der Waals surface area contributed by atoms with Crippen molar-refractivity contribution in [2.75, 3.05) is 0 Å². The zero-order valence-corrected chi connectivity index (χ0v) is 9.31. The molecule has 1 aliphatic rings. The molecule has 0 amide bonds. The van der Waals surface area contributed by atoms with Crippen molar-refractivity contribution in [1.82, 2.24) is 0 Å². The van der Waals surface area contributed by atoms with Crippen molar-refractivity contribution in [3.05, 3.63) is 11.6 Å². The molecule has 0 spiro atoms. The predicted molar refractivity (Wildman–Crippen MR) is 47.1 cm³/mol. The Labute approximate surface area is 102 Å². The average molecular weight is 300 g/mol. The zero-order valence-electron chi connectivity index (χ0n) is 9.31. The van der Waals surface area contributed by atoms with E-state index in [1.165, 1.54) is 0 Å². The van der Waals surface area contributed by atoms with E-state index in [2.05, 4.69) is 0 Å². The summed E-state index contributed by atoms with van der Waals surface area (Å²) in [6.07, 6.45) is -20.7. The lowest BCUT2D eigenvalue weighted by Crippen LogP contribution is -2.53. The van der Waals surface area contributed by atoms with Crippen molar-refractivity contribution in [2.24, 2.45) is 5.41 Å². The summed E-state index contributed by atoms with van der Waals surface area (Å²) in [6, 6.07) is 0. The molecule has 0 bridgehead atoms. The fourth-order valence-electron chi connectivity index (χ4n) is 2.20. The highest BCUT2D eigenvalue weighted by molar-refractivity contribution is 5.24. The number of hydrogen-bond donors (Lipinski definition) is 0. The molecule has 1 aliphatic carbocycles. The lowest BCUT2D eigenvalue weighted by molar-refractivity contribution is -0.349. The maximum atomic E-state index is 12.8. The van der Waals surface area contributed by atoms with Gasteiger partial charge in [-0.1, -0.05) is 6.08 Å². The van der Waals surface area contributed by atoms with Crippen molar-refractivity contribution in [3.8, 4) is 0 Å². The molecule has 19 heavy (non-hydrogen) atoms. The van der Waals surface area contributed by atoms with E-state index in [0.717, 1.165) is 0 Å². The first-order valence-corrected chi connectivity index (χ1v) is 5.21. The van der Waals surface area contributed by atoms with Crippen LogP contribution in [-0.4, -0.2) is 18.5 Å². The van der Waals surface area contributed by atoms with Crippen LogP contribution in [0.5, 0.6) is 0 Å². The average Bonchev–Trinajstić information content (AvgIpc) is 2.60. The summed E-state index contributed by atoms with van der Waals surface area (Å²) in [5, 5.41) is 0. The van der Waals surface area contributed by atoms with E-state index in [-0.39, 0.29) is 12.8 Å². The molecular weight excluding hydrogens is 291 g/mol. The summed E-state index contributed by atoms with van der Waals surface area (Å²) in [5.41, 5.74) is -6.06. The largest absolute Gasteiger partial charge is 0.407 e. The Kier molecular flexibility index (Phi) is 3.90. The van der Waals surface area contributed by atoms with Gasteiger partial charge in [0.05, 0.1) is 6.42 Å². The topological polar surface area (TPSA) is 0 Å². The van der Waals surface area contributed by atoms with Gasteiger partial charge in [0, 0.05) is 0 Å². The van der Waals surface area contributed by atoms with Crippen molar-refractivity contribution >= 4 is 0 Å². The molecule has 0 saturated heterocycles. The van der Waals surface area contributed by atoms with Gasteiger partial charge in [0.25, 0.3) is 0 Å². The van der Waals surface area contributed by atoms with E-state index in [1.807, 2.05) is 0 Å². The fourth-order valence-corrected chi connectivity index (χ4v) is 2.20. The van der Waals surface area contributed by atoms with Crippen molar-refractivity contribution in [1.29, 1.82) is 0 Å². The van der Waals surface area contributed by atoms with Crippen LogP contribution >= 0.6 is 0 Å². The summed E-state index contributed by atoms with van der Waals surface area (Å²) in [6.45, 7) is 0. The monoisotopic (exact) mass is 300 g/mol. The highest BCUT2D eigenvalue weighted by Gasteiger charge is 2.74. The van der Waals surface area contributed by atoms with Gasteiger partial charge >= 0.3 is 18.5 Å². The Balaban J connectivity index is 3.43. The first-order valence-electron chi connectivity index (χ1n) is 5.21. The molecule has 0 aromatic heterocycles. The third-order valence-electron chi connectivity index (χ3n) is 3.02. The van der Waals surface area contributed by atoms with Gasteiger partial charge in [-0.3, -0.25) is 0 Å². The predicted octanol–water partition coefficient (Wildman–Crippen LogP) is 5.16. The van der Waals surface area contributed by atoms with E-state index >= 15 is 0 Å². The SMILES string of the molecule is FC(F)(F)CC(C1=CCCC1)(C(F)(F)F)C(F)(F)F. The maximum absolute atomic E-state index is 12.8. The van der Waals surface area contributed by atoms with Gasteiger partial charge in [-0.2, -0.15) is 39.5 Å². The standard InChI is InChI=1S/C10H9F9/c11-8(12,13)5-7(9(14,15)16,10(17,18)19)6-3-1-2-4-6/h3H,1-2,4-5H2. The van der Waals surface area contributed by atoms with E-state index in [9.17, 15) is 39.5 Å². The lowest BCUT2D eigenvalue weighted by Gasteiger charge is -2.39. The van der Waals surface area contributed by atoms with Crippen LogP contribution in [-0.2, 0) is 0 Å². The molecule has 112 valence electrons. The van der Waals surface area contributed by atoms with Gasteiger partial charge in [0.15, 0.2) is 5.41 Å². The first kappa shape index (κ1) is 16.2. The minimum Gasteiger partial charge on any atom is -0.171 e. The molecule has 0 fully saturated rings. The van der Waals surface area contributed by atoms with Crippen LogP contribution < -0.4 is 0 Å². The number of allylic oxidation sites excluding steroid dienone is 2. The van der Waals surface area contributed by atoms with Crippen LogP contribution in [0.3, 0.4) is 0 Å². The molecule has 0 nitrogen and oxygen atoms in total. The van der Waals surface area contributed by atoms with E-state index in [4.69, 9.17) is 0 Å². The maximum Gasteiger partial charge on any atom is 0.407 e. The molecule has 0 saturated carbocycles. The molecule has 0 aromatic rings. The van der Waals surface area contributed by atoms with Gasteiger partial charge < -0.3 is 0 Å². The van der Waals surface area contributed by atoms with Crippen molar-refractivity contribution in [2.45, 2.75) is 44.2 Å². The van der Waals surface area contributed by atoms with E-state index in [0.29, 0.717) is 6.08 Å². The first-order chi connectivity index (χ1) is 8.31. The van der Waals surface area contributed by atoms with Crippen LogP contribution in [0.2, 0.25) is 0 Å². The van der Waals surface area contributed by atoms with E-state index < -0.39 is 42.4 Å². The summed E-state index contributed by atoms with van der Waals surface area (Å²) >= 11 is 0. The Bertz CT molecular complexity index is 341. The Morgan fingerprint density at radius 1 is 0.842 bits per heavy atom. The molecule has 0 atom stereocenters. The van der Waals surface area contributed by atoms with Gasteiger partial charge in [-0.15, -0.1) is 0 Å². The fraction of sp³-hybridized carbons (Fsp3) is 0.800. The molecule has 1 rings (SSSR count). The van der Waals surface area contributed by atoms with Gasteiger partial charge in [0.1, 0.15) is 0 Å². The van der Waals surface area contributed by atoms with Gasteiger partial charge in [-0.05, 0) is 24.8 Å². The van der Waals surface area contributed by atoms with Crippen molar-refractivity contribution < 1.29 is 39.5 Å². The molecule has 0 aliphatic heterocycles. The Hall–Kier alpha value is -0.890. The second kappa shape index (κ2) is 4.59. The normalized spacial score (nSPS) is 18.7. The van der Waals surface area contributed by atoms with Crippen LogP contribution in [0.25, 0.3) is 0 Å². The minimum absolute atomic E-state index is 0.0128. The third-order valence-corrected chi connectivity index (χ3v) is 3.02. The number of rotatable bonds is 2. The number of halogens is 9. The summed E-state index contributed by atoms with van der Waals surface area (Å²) in [5.74, 6) is 0. The second-order valence-electron chi connectivity index (χ2n) is 4.31. The highest BCUT2D eigenvalue weighted by atomic mass is 19.4. The van der Waals surface area contributed by atoms with Gasteiger partial charge in [0.2, 0.25) is 0 Å². The third kappa shape index (κ3) is 3.00. The zero-order chi connectivity index (χ0) is 15.1. The van der Waals surface area contributed by atoms with E-state index in [1.54, 1.807) is 0 Å². The second-order valence-corrected chi connectivity index (χ2v) is 4.31. The summed E-state index contributed by atoms with van der Waals surface area (Å²) < 4.78 is 113. The lowest BCUT2D eigenvalue weighted by atomic mass is 9.74. The highest BCUT2D eigenvalue weighted by Crippen LogP contribution is 2.61. The van der Waals surface area contributed by atoms with Crippen LogP contribution in [0.1, 0.15) is 25.7 Å². The molecule has 0 unspecified atom stereocenters. The summed E-state index contributed by atoms with van der Waals surface area (Å²) in [4.78, 5) is 0. The number of hydrogen-bond acceptors (Lipinski definition) is 0. The number of alkyl halides is 9. The molecule has 0 aromatic carbocycles. The molecule has 0 N–H and O–H groups in total. The minimum atomic E-state index is -6.04. The molecule has 9 heteroatoms. The Morgan fingerprint density at radius 3 is 1.58 bits per heavy atom. The quantitative estimate of drug-likeness (QED) is 0.488. The molecule has 0 heterocycles. The van der Waals surface area contributed by atoms with Crippen molar-refractivity contribution in [3.63, 3.8) is 0 Å². The Morgan fingerprint density at radius 2 is 1.32 bits per heavy atom. The van der Waals surface area contributed by atoms with Crippen LogP contribution in [0.15, 0.2) is 11.6 Å². The van der Waals surface area contributed by atoms with Crippen LogP contribution in [0, 0.1) is 5.41 Å². The smallest absolute Gasteiger partial charge is 0.171 e. The molecule has 0 radical (unpaired) electrons. The summed E-state index contributed by atoms with van der Waals surface area (Å²) in [7, 11) is 0.